The van der Waals surface area contributed by atoms with Crippen LogP contribution in [0.5, 0.6) is 0 Å². The van der Waals surface area contributed by atoms with E-state index in [9.17, 15) is 22.8 Å². The molecule has 1 amide bonds. The predicted molar refractivity (Wildman–Crippen MR) is 94.5 cm³/mol. The van der Waals surface area contributed by atoms with E-state index in [2.05, 4.69) is 5.32 Å². The van der Waals surface area contributed by atoms with Gasteiger partial charge in [0, 0.05) is 12.7 Å². The van der Waals surface area contributed by atoms with Gasteiger partial charge in [0.2, 0.25) is 15.9 Å². The van der Waals surface area contributed by atoms with Gasteiger partial charge in [-0.15, -0.1) is 0 Å². The molecule has 0 aromatic heterocycles. The Kier molecular flexibility index (Phi) is 7.72. The van der Waals surface area contributed by atoms with Crippen LogP contribution in [-0.4, -0.2) is 63.6 Å². The number of carbonyl (C=O) groups is 3. The average molecular weight is 386 g/mol. The maximum Gasteiger partial charge on any atom is 0.338 e. The summed E-state index contributed by atoms with van der Waals surface area (Å²) in [5, 5.41) is 2.46. The minimum atomic E-state index is -3.52. The third-order valence-corrected chi connectivity index (χ3v) is 4.43. The van der Waals surface area contributed by atoms with E-state index in [1.165, 1.54) is 25.2 Å². The fraction of sp³-hybridized carbons (Fsp3) is 0.438. The first kappa shape index (κ1) is 21.6. The fourth-order valence-corrected chi connectivity index (χ4v) is 2.24. The van der Waals surface area contributed by atoms with Gasteiger partial charge in [-0.05, 0) is 32.0 Å². The van der Waals surface area contributed by atoms with E-state index in [1.807, 2.05) is 0 Å². The summed E-state index contributed by atoms with van der Waals surface area (Å²) >= 11 is 0. The maximum absolute atomic E-state index is 12.0. The molecule has 1 aromatic carbocycles. The topological polar surface area (TPSA) is 119 Å². The Morgan fingerprint density at radius 1 is 1.00 bits per heavy atom. The normalized spacial score (nSPS) is 11.1. The number of sulfonamides is 1. The zero-order valence-electron chi connectivity index (χ0n) is 15.1. The third-order valence-electron chi connectivity index (χ3n) is 3.17. The van der Waals surface area contributed by atoms with Crippen LogP contribution in [-0.2, 0) is 24.3 Å². The lowest BCUT2D eigenvalue weighted by atomic mass is 10.1. The van der Waals surface area contributed by atoms with Crippen molar-refractivity contribution in [1.29, 1.82) is 0 Å². The molecule has 144 valence electrons. The van der Waals surface area contributed by atoms with Crippen LogP contribution in [0.2, 0.25) is 0 Å². The highest BCUT2D eigenvalue weighted by Gasteiger charge is 2.18. The van der Waals surface area contributed by atoms with Crippen molar-refractivity contribution < 1.29 is 32.3 Å². The lowest BCUT2D eigenvalue weighted by Crippen LogP contribution is -2.34. The highest BCUT2D eigenvalue weighted by molar-refractivity contribution is 7.88. The minimum absolute atomic E-state index is 0.0594. The number of anilines is 1. The van der Waals surface area contributed by atoms with Crippen molar-refractivity contribution in [2.75, 3.05) is 38.4 Å². The van der Waals surface area contributed by atoms with E-state index in [1.54, 1.807) is 13.8 Å². The number of carbonyl (C=O) groups excluding carboxylic acids is 3. The van der Waals surface area contributed by atoms with E-state index >= 15 is 0 Å². The molecule has 26 heavy (non-hydrogen) atoms. The van der Waals surface area contributed by atoms with Gasteiger partial charge in [-0.25, -0.2) is 18.0 Å². The molecular formula is C16H22N2O7S. The van der Waals surface area contributed by atoms with Crippen LogP contribution in [0.3, 0.4) is 0 Å². The number of amides is 1. The van der Waals surface area contributed by atoms with Crippen molar-refractivity contribution in [3.63, 3.8) is 0 Å². The second-order valence-corrected chi connectivity index (χ2v) is 7.40. The molecule has 1 N–H and O–H groups in total. The molecule has 1 rings (SSSR count). The highest BCUT2D eigenvalue weighted by Crippen LogP contribution is 2.17. The molecule has 0 unspecified atom stereocenters. The van der Waals surface area contributed by atoms with Crippen LogP contribution in [0.1, 0.15) is 34.6 Å². The maximum atomic E-state index is 12.0. The number of rotatable bonds is 8. The summed E-state index contributed by atoms with van der Waals surface area (Å²) in [5.41, 5.74) is 0.263. The molecule has 0 saturated heterocycles. The number of hydrogen-bond acceptors (Lipinski definition) is 7. The van der Waals surface area contributed by atoms with Gasteiger partial charge in [-0.1, -0.05) is 0 Å². The molecule has 10 heteroatoms. The third kappa shape index (κ3) is 6.45. The standard InChI is InChI=1S/C16H22N2O7S/c1-5-24-15(20)11-7-12(16(21)25-6-2)9-13(8-11)17-14(19)10-18(3)26(4,22)23/h7-9H,5-6,10H2,1-4H3,(H,17,19). The molecule has 0 bridgehead atoms. The molecule has 0 saturated carbocycles. The van der Waals surface area contributed by atoms with E-state index in [-0.39, 0.29) is 30.0 Å². The van der Waals surface area contributed by atoms with Crippen LogP contribution < -0.4 is 5.32 Å². The average Bonchev–Trinajstić information content (AvgIpc) is 2.53. The van der Waals surface area contributed by atoms with Crippen LogP contribution in [0.15, 0.2) is 18.2 Å². The summed E-state index contributed by atoms with van der Waals surface area (Å²) in [4.78, 5) is 35.9. The van der Waals surface area contributed by atoms with Crippen molar-refractivity contribution in [3.8, 4) is 0 Å². The van der Waals surface area contributed by atoms with Gasteiger partial charge < -0.3 is 14.8 Å². The Morgan fingerprint density at radius 3 is 1.85 bits per heavy atom. The van der Waals surface area contributed by atoms with Crippen molar-refractivity contribution in [2.45, 2.75) is 13.8 Å². The number of nitrogens with one attached hydrogen (secondary N) is 1. The largest absolute Gasteiger partial charge is 0.462 e. The molecule has 0 aliphatic heterocycles. The van der Waals surface area contributed by atoms with Gasteiger partial charge in [0.1, 0.15) is 0 Å². The summed E-state index contributed by atoms with van der Waals surface area (Å²) in [6.07, 6.45) is 0.973. The van der Waals surface area contributed by atoms with Gasteiger partial charge in [0.15, 0.2) is 0 Å². The van der Waals surface area contributed by atoms with E-state index in [4.69, 9.17) is 9.47 Å². The lowest BCUT2D eigenvalue weighted by Gasteiger charge is -2.14. The zero-order valence-corrected chi connectivity index (χ0v) is 15.9. The monoisotopic (exact) mass is 386 g/mol. The van der Waals surface area contributed by atoms with Gasteiger partial charge in [-0.2, -0.15) is 4.31 Å². The van der Waals surface area contributed by atoms with Crippen LogP contribution >= 0.6 is 0 Å². The number of esters is 2. The minimum Gasteiger partial charge on any atom is -0.462 e. The van der Waals surface area contributed by atoms with Crippen molar-refractivity contribution in [2.24, 2.45) is 0 Å². The Morgan fingerprint density at radius 2 is 1.46 bits per heavy atom. The first-order chi connectivity index (χ1) is 12.1. The first-order valence-corrected chi connectivity index (χ1v) is 9.63. The zero-order chi connectivity index (χ0) is 19.9. The number of nitrogens with zero attached hydrogens (tertiary/aromatic N) is 1. The molecule has 1 aromatic rings. The quantitative estimate of drug-likeness (QED) is 0.658. The van der Waals surface area contributed by atoms with Crippen molar-refractivity contribution in [3.05, 3.63) is 29.3 Å². The number of likely N-dealkylation sites (N-methyl/N-ethyl adjacent to an activating group) is 1. The predicted octanol–water partition coefficient (Wildman–Crippen LogP) is 0.870. The first-order valence-electron chi connectivity index (χ1n) is 7.79. The Labute approximate surface area is 152 Å². The van der Waals surface area contributed by atoms with Crippen LogP contribution in [0.25, 0.3) is 0 Å². The molecule has 0 atom stereocenters. The molecular weight excluding hydrogens is 364 g/mol. The molecule has 0 radical (unpaired) electrons. The van der Waals surface area contributed by atoms with Gasteiger partial charge >= 0.3 is 11.9 Å². The van der Waals surface area contributed by atoms with Gasteiger partial charge in [0.05, 0.1) is 37.1 Å². The molecule has 0 fully saturated rings. The van der Waals surface area contributed by atoms with Crippen LogP contribution in [0.4, 0.5) is 5.69 Å². The summed E-state index contributed by atoms with van der Waals surface area (Å²) in [6, 6.07) is 3.96. The molecule has 0 aliphatic rings. The number of benzene rings is 1. The smallest absolute Gasteiger partial charge is 0.338 e. The Hall–Kier alpha value is -2.46. The second kappa shape index (κ2) is 9.30. The van der Waals surface area contributed by atoms with Crippen molar-refractivity contribution in [1.82, 2.24) is 4.31 Å². The summed E-state index contributed by atoms with van der Waals surface area (Å²) < 4.78 is 33.4. The molecule has 9 nitrogen and oxygen atoms in total. The highest BCUT2D eigenvalue weighted by atomic mass is 32.2. The SMILES string of the molecule is CCOC(=O)c1cc(NC(=O)CN(C)S(C)(=O)=O)cc(C(=O)OCC)c1. The van der Waals surface area contributed by atoms with Gasteiger partial charge in [0.25, 0.3) is 0 Å². The van der Waals surface area contributed by atoms with E-state index < -0.39 is 34.4 Å². The second-order valence-electron chi connectivity index (χ2n) is 5.31. The molecule has 0 heterocycles. The van der Waals surface area contributed by atoms with Crippen molar-refractivity contribution >= 4 is 33.6 Å². The van der Waals surface area contributed by atoms with Gasteiger partial charge in [-0.3, -0.25) is 4.79 Å². The Bertz CT molecular complexity index is 754. The van der Waals surface area contributed by atoms with E-state index in [0.29, 0.717) is 0 Å². The lowest BCUT2D eigenvalue weighted by molar-refractivity contribution is -0.116. The van der Waals surface area contributed by atoms with Crippen LogP contribution in [0, 0.1) is 0 Å². The summed E-state index contributed by atoms with van der Waals surface area (Å²) in [5.74, 6) is -1.96. The molecule has 0 aliphatic carbocycles. The Balaban J connectivity index is 3.10. The molecule has 0 spiro atoms. The fourth-order valence-electron chi connectivity index (χ4n) is 1.88. The summed E-state index contributed by atoms with van der Waals surface area (Å²) in [7, 11) is -2.27. The number of ether oxygens (including phenoxy) is 2. The number of hydrogen-bond donors (Lipinski definition) is 1. The van der Waals surface area contributed by atoms with E-state index in [0.717, 1.165) is 10.6 Å². The summed E-state index contributed by atoms with van der Waals surface area (Å²) in [6.45, 7) is 3.14.